The molecule has 0 saturated carbocycles. The molecule has 0 fully saturated rings. The number of rotatable bonds is 3. The highest BCUT2D eigenvalue weighted by Crippen LogP contribution is 2.25. The van der Waals surface area contributed by atoms with Crippen LogP contribution in [0.1, 0.15) is 10.4 Å². The smallest absolute Gasteiger partial charge is 0.295 e. The normalized spacial score (nSPS) is 9.95. The van der Waals surface area contributed by atoms with Gasteiger partial charge in [-0.2, -0.15) is 0 Å². The molecule has 0 aliphatic heterocycles. The van der Waals surface area contributed by atoms with Crippen molar-refractivity contribution < 1.29 is 14.1 Å². The van der Waals surface area contributed by atoms with Gasteiger partial charge in [0.05, 0.1) is 16.6 Å². The van der Waals surface area contributed by atoms with E-state index in [1.54, 1.807) is 6.07 Å². The first-order valence-corrected chi connectivity index (χ1v) is 5.23. The molecular formula is C12H8FN3O3. The summed E-state index contributed by atoms with van der Waals surface area (Å²) in [5, 5.41) is 13.1. The van der Waals surface area contributed by atoms with Crippen molar-refractivity contribution in [3.63, 3.8) is 0 Å². The van der Waals surface area contributed by atoms with E-state index in [4.69, 9.17) is 0 Å². The summed E-state index contributed by atoms with van der Waals surface area (Å²) in [7, 11) is 0. The number of amides is 1. The first kappa shape index (κ1) is 12.6. The van der Waals surface area contributed by atoms with Gasteiger partial charge >= 0.3 is 0 Å². The first-order valence-electron chi connectivity index (χ1n) is 5.23. The zero-order valence-electron chi connectivity index (χ0n) is 9.54. The number of hydrogen-bond acceptors (Lipinski definition) is 4. The van der Waals surface area contributed by atoms with Gasteiger partial charge in [0.2, 0.25) is 0 Å². The van der Waals surface area contributed by atoms with Crippen molar-refractivity contribution in [1.82, 2.24) is 4.98 Å². The average Bonchev–Trinajstić information content (AvgIpc) is 2.41. The van der Waals surface area contributed by atoms with Crippen molar-refractivity contribution in [3.8, 4) is 0 Å². The van der Waals surface area contributed by atoms with Crippen LogP contribution in [0.3, 0.4) is 0 Å². The van der Waals surface area contributed by atoms with Gasteiger partial charge in [0.1, 0.15) is 11.5 Å². The molecule has 1 aromatic heterocycles. The van der Waals surface area contributed by atoms with Crippen LogP contribution in [0.2, 0.25) is 0 Å². The van der Waals surface area contributed by atoms with E-state index in [1.165, 1.54) is 18.5 Å². The number of nitro benzene ring substituents is 1. The second kappa shape index (κ2) is 5.21. The summed E-state index contributed by atoms with van der Waals surface area (Å²) in [6.07, 6.45) is 2.82. The molecule has 0 aliphatic carbocycles. The van der Waals surface area contributed by atoms with Crippen molar-refractivity contribution in [3.05, 3.63) is 64.2 Å². The number of nitro groups is 1. The minimum atomic E-state index is -0.762. The number of pyridine rings is 1. The molecule has 0 bridgehead atoms. The molecule has 1 aromatic carbocycles. The zero-order chi connectivity index (χ0) is 13.8. The highest BCUT2D eigenvalue weighted by molar-refractivity contribution is 6.05. The van der Waals surface area contributed by atoms with Crippen LogP contribution in [-0.4, -0.2) is 15.8 Å². The summed E-state index contributed by atoms with van der Waals surface area (Å²) in [6, 6.07) is 6.00. The van der Waals surface area contributed by atoms with Crippen LogP contribution in [0.15, 0.2) is 42.7 Å². The van der Waals surface area contributed by atoms with Gasteiger partial charge in [-0.05, 0) is 24.3 Å². The largest absolute Gasteiger partial charge is 0.316 e. The van der Waals surface area contributed by atoms with E-state index in [-0.39, 0.29) is 11.3 Å². The molecule has 0 unspecified atom stereocenters. The Balaban J connectivity index is 2.29. The molecule has 1 amide bonds. The summed E-state index contributed by atoms with van der Waals surface area (Å²) in [5.74, 6) is -1.30. The van der Waals surface area contributed by atoms with E-state index in [1.807, 2.05) is 0 Å². The minimum Gasteiger partial charge on any atom is -0.316 e. The van der Waals surface area contributed by atoms with Crippen molar-refractivity contribution in [2.45, 2.75) is 0 Å². The average molecular weight is 261 g/mol. The van der Waals surface area contributed by atoms with Gasteiger partial charge < -0.3 is 5.32 Å². The van der Waals surface area contributed by atoms with Crippen LogP contribution >= 0.6 is 0 Å². The van der Waals surface area contributed by atoms with Gasteiger partial charge in [0.15, 0.2) is 0 Å². The summed E-state index contributed by atoms with van der Waals surface area (Å²) < 4.78 is 12.9. The number of aromatic nitrogens is 1. The monoisotopic (exact) mass is 261 g/mol. The van der Waals surface area contributed by atoms with Crippen molar-refractivity contribution >= 4 is 17.3 Å². The Labute approximate surface area is 107 Å². The van der Waals surface area contributed by atoms with Crippen LogP contribution in [0.5, 0.6) is 0 Å². The number of nitrogens with zero attached hydrogens (tertiary/aromatic N) is 2. The zero-order valence-corrected chi connectivity index (χ0v) is 9.54. The molecule has 0 radical (unpaired) electrons. The quantitative estimate of drug-likeness (QED) is 0.679. The number of nitrogens with one attached hydrogen (secondary N) is 1. The van der Waals surface area contributed by atoms with Crippen LogP contribution < -0.4 is 5.32 Å². The van der Waals surface area contributed by atoms with Gasteiger partial charge in [-0.1, -0.05) is 0 Å². The molecule has 19 heavy (non-hydrogen) atoms. The molecule has 2 aromatic rings. The van der Waals surface area contributed by atoms with E-state index in [2.05, 4.69) is 10.3 Å². The lowest BCUT2D eigenvalue weighted by molar-refractivity contribution is -0.384. The van der Waals surface area contributed by atoms with Gasteiger partial charge in [0, 0.05) is 12.4 Å². The standard InChI is InChI=1S/C12H8FN3O3/c13-9-3-4-10(11(6-9)16(18)19)15-12(17)8-2-1-5-14-7-8/h1-7H,(H,15,17). The van der Waals surface area contributed by atoms with E-state index in [0.29, 0.717) is 0 Å². The van der Waals surface area contributed by atoms with Crippen LogP contribution in [0.4, 0.5) is 15.8 Å². The maximum absolute atomic E-state index is 12.9. The molecule has 1 N–H and O–H groups in total. The highest BCUT2D eigenvalue weighted by Gasteiger charge is 2.17. The predicted molar refractivity (Wildman–Crippen MR) is 65.2 cm³/mol. The minimum absolute atomic E-state index is 0.0692. The van der Waals surface area contributed by atoms with E-state index in [0.717, 1.165) is 18.2 Å². The molecule has 0 aliphatic rings. The summed E-state index contributed by atoms with van der Waals surface area (Å²) >= 11 is 0. The van der Waals surface area contributed by atoms with Crippen LogP contribution in [-0.2, 0) is 0 Å². The Hall–Kier alpha value is -2.83. The van der Waals surface area contributed by atoms with Crippen molar-refractivity contribution in [2.24, 2.45) is 0 Å². The maximum atomic E-state index is 12.9. The number of anilines is 1. The van der Waals surface area contributed by atoms with Crippen LogP contribution in [0, 0.1) is 15.9 Å². The molecule has 7 heteroatoms. The lowest BCUT2D eigenvalue weighted by atomic mass is 10.2. The number of carbonyl (C=O) groups is 1. The fourth-order valence-corrected chi connectivity index (χ4v) is 1.45. The first-order chi connectivity index (χ1) is 9.08. The fraction of sp³-hybridized carbons (Fsp3) is 0. The van der Waals surface area contributed by atoms with Gasteiger partial charge in [-0.3, -0.25) is 19.9 Å². The molecule has 0 spiro atoms. The number of hydrogen-bond donors (Lipinski definition) is 1. The summed E-state index contributed by atoms with van der Waals surface area (Å²) in [6.45, 7) is 0. The van der Waals surface area contributed by atoms with Gasteiger partial charge in [-0.25, -0.2) is 4.39 Å². The SMILES string of the molecule is O=C(Nc1ccc(F)cc1[N+](=O)[O-])c1cccnc1. The Kier molecular flexibility index (Phi) is 3.46. The maximum Gasteiger partial charge on any atom is 0.295 e. The van der Waals surface area contributed by atoms with E-state index >= 15 is 0 Å². The Bertz CT molecular complexity index is 631. The van der Waals surface area contributed by atoms with Crippen molar-refractivity contribution in [1.29, 1.82) is 0 Å². The summed E-state index contributed by atoms with van der Waals surface area (Å²) in [5.41, 5.74) is -0.321. The molecule has 1 heterocycles. The fourth-order valence-electron chi connectivity index (χ4n) is 1.45. The number of carbonyl (C=O) groups excluding carboxylic acids is 1. The molecule has 0 saturated heterocycles. The third kappa shape index (κ3) is 2.89. The predicted octanol–water partition coefficient (Wildman–Crippen LogP) is 2.38. The molecule has 6 nitrogen and oxygen atoms in total. The molecule has 2 rings (SSSR count). The number of halogens is 1. The topological polar surface area (TPSA) is 85.1 Å². The van der Waals surface area contributed by atoms with Crippen molar-refractivity contribution in [2.75, 3.05) is 5.32 Å². The lowest BCUT2D eigenvalue weighted by Crippen LogP contribution is -2.13. The Morgan fingerprint density at radius 3 is 2.79 bits per heavy atom. The number of benzene rings is 1. The van der Waals surface area contributed by atoms with Gasteiger partial charge in [0.25, 0.3) is 11.6 Å². The third-order valence-corrected chi connectivity index (χ3v) is 2.33. The lowest BCUT2D eigenvalue weighted by Gasteiger charge is -2.05. The molecule has 0 atom stereocenters. The Morgan fingerprint density at radius 1 is 1.37 bits per heavy atom. The highest BCUT2D eigenvalue weighted by atomic mass is 19.1. The third-order valence-electron chi connectivity index (χ3n) is 2.33. The molecule has 96 valence electrons. The molecular weight excluding hydrogens is 253 g/mol. The summed E-state index contributed by atoms with van der Waals surface area (Å²) in [4.78, 5) is 25.6. The second-order valence-electron chi connectivity index (χ2n) is 3.61. The second-order valence-corrected chi connectivity index (χ2v) is 3.61. The van der Waals surface area contributed by atoms with Gasteiger partial charge in [-0.15, -0.1) is 0 Å². The Morgan fingerprint density at radius 2 is 2.16 bits per heavy atom. The van der Waals surface area contributed by atoms with E-state index in [9.17, 15) is 19.3 Å². The van der Waals surface area contributed by atoms with Crippen LogP contribution in [0.25, 0.3) is 0 Å². The van der Waals surface area contributed by atoms with E-state index < -0.39 is 22.3 Å².